The number of pyridine rings is 1. The molecule has 0 saturated carbocycles. The number of nitrogens with one attached hydrogen (secondary N) is 1. The van der Waals surface area contributed by atoms with E-state index in [0.717, 1.165) is 0 Å². The first-order valence-corrected chi connectivity index (χ1v) is 13.9. The van der Waals surface area contributed by atoms with Gasteiger partial charge in [0, 0.05) is 57.1 Å². The number of carbonyl (C=O) groups is 5. The molecule has 0 unspecified atom stereocenters. The molecule has 3 heterocycles. The number of para-hydroxylation sites is 1. The summed E-state index contributed by atoms with van der Waals surface area (Å²) in [5.74, 6) is -2.21. The lowest BCUT2D eigenvalue weighted by atomic mass is 10.1. The zero-order valence-corrected chi connectivity index (χ0v) is 23.5. The van der Waals surface area contributed by atoms with Crippen molar-refractivity contribution in [2.24, 2.45) is 0 Å². The zero-order chi connectivity index (χ0) is 30.1. The number of nitrogens with zero attached hydrogens (tertiary/aromatic N) is 4. The highest BCUT2D eigenvalue weighted by atomic mass is 16.6. The van der Waals surface area contributed by atoms with Crippen LogP contribution in [0.3, 0.4) is 0 Å². The van der Waals surface area contributed by atoms with Gasteiger partial charge in [0.2, 0.25) is 5.91 Å². The van der Waals surface area contributed by atoms with Crippen molar-refractivity contribution in [3.8, 4) is 5.75 Å². The third-order valence-corrected chi connectivity index (χ3v) is 6.99. The average Bonchev–Trinajstić information content (AvgIpc) is 3.01. The van der Waals surface area contributed by atoms with Crippen LogP contribution in [0.25, 0.3) is 10.9 Å². The van der Waals surface area contributed by atoms with Crippen LogP contribution in [0.2, 0.25) is 0 Å². The number of carboxylic acid groups (broad SMARTS) is 1. The molecule has 0 aliphatic carbocycles. The molecule has 2 aliphatic heterocycles. The van der Waals surface area contributed by atoms with Crippen molar-refractivity contribution in [3.05, 3.63) is 36.0 Å². The summed E-state index contributed by atoms with van der Waals surface area (Å²) in [7, 11) is 0. The molecule has 0 radical (unpaired) electrons. The number of aliphatic carboxylic acids is 1. The number of aromatic nitrogens is 1. The van der Waals surface area contributed by atoms with Gasteiger partial charge in [-0.25, -0.2) is 9.78 Å². The van der Waals surface area contributed by atoms with E-state index in [1.54, 1.807) is 36.1 Å². The third kappa shape index (κ3) is 7.84. The summed E-state index contributed by atoms with van der Waals surface area (Å²) in [6.45, 7) is 4.47. The molecule has 2 fully saturated rings. The van der Waals surface area contributed by atoms with E-state index in [1.165, 1.54) is 15.9 Å². The van der Waals surface area contributed by atoms with Crippen LogP contribution < -0.4 is 10.1 Å². The average molecular weight is 586 g/mol. The van der Waals surface area contributed by atoms with Gasteiger partial charge in [0.25, 0.3) is 11.8 Å². The lowest BCUT2D eigenvalue weighted by Gasteiger charge is -2.35. The Kier molecular flexibility index (Phi) is 10.5. The summed E-state index contributed by atoms with van der Waals surface area (Å²) in [4.78, 5) is 71.7. The fourth-order valence-corrected chi connectivity index (χ4v) is 4.72. The van der Waals surface area contributed by atoms with Gasteiger partial charge in [-0.3, -0.25) is 19.2 Å². The largest absolute Gasteiger partial charge is 0.483 e. The minimum atomic E-state index is -1.14. The molecule has 2 saturated heterocycles. The van der Waals surface area contributed by atoms with Crippen molar-refractivity contribution in [2.75, 3.05) is 65.7 Å². The molecule has 14 nitrogen and oxygen atoms in total. The van der Waals surface area contributed by atoms with Crippen LogP contribution in [0.1, 0.15) is 30.3 Å². The summed E-state index contributed by atoms with van der Waals surface area (Å²) in [5, 5.41) is 12.5. The molecule has 0 spiro atoms. The Morgan fingerprint density at radius 1 is 1.00 bits per heavy atom. The van der Waals surface area contributed by atoms with Crippen LogP contribution in [0, 0.1) is 0 Å². The molecular weight excluding hydrogens is 550 g/mol. The molecule has 2 N–H and O–H groups in total. The van der Waals surface area contributed by atoms with Gasteiger partial charge >= 0.3 is 12.1 Å². The first-order chi connectivity index (χ1) is 20.3. The van der Waals surface area contributed by atoms with Crippen LogP contribution in [0.5, 0.6) is 5.75 Å². The molecule has 4 rings (SSSR count). The number of fused-ring (bicyclic) bond motifs is 1. The highest BCUT2D eigenvalue weighted by Crippen LogP contribution is 2.26. The van der Waals surface area contributed by atoms with E-state index in [4.69, 9.17) is 14.2 Å². The Hall–Kier alpha value is -4.46. The highest BCUT2D eigenvalue weighted by molar-refractivity contribution is 5.99. The van der Waals surface area contributed by atoms with Crippen LogP contribution in [0.15, 0.2) is 30.3 Å². The zero-order valence-electron chi connectivity index (χ0n) is 23.5. The standard InChI is InChI=1S/C28H35N5O9/c1-2-41-28(39)33-11-9-32(10-12-33)27(38)21(7-8-25(35)36)30-26(37)22-17-23(19-5-3-4-6-20(19)29-22)42-18-24(34)31-13-15-40-16-14-31/h3-6,17,21H,2,7-16,18H2,1H3,(H,30,37)(H,35,36)/t21-/m0/s1. The second kappa shape index (κ2) is 14.4. The molecule has 2 aromatic rings. The Labute approximate surface area is 242 Å². The molecular formula is C28H35N5O9. The molecule has 1 aromatic carbocycles. The monoisotopic (exact) mass is 585 g/mol. The van der Waals surface area contributed by atoms with Crippen molar-refractivity contribution in [1.29, 1.82) is 0 Å². The third-order valence-electron chi connectivity index (χ3n) is 6.99. The van der Waals surface area contributed by atoms with Crippen LogP contribution in [-0.2, 0) is 23.9 Å². The van der Waals surface area contributed by atoms with Crippen LogP contribution in [0.4, 0.5) is 4.79 Å². The normalized spacial score (nSPS) is 16.1. The molecule has 42 heavy (non-hydrogen) atoms. The number of amides is 4. The minimum absolute atomic E-state index is 0.0530. The van der Waals surface area contributed by atoms with E-state index >= 15 is 0 Å². The molecule has 226 valence electrons. The Bertz CT molecular complexity index is 1310. The maximum atomic E-state index is 13.4. The van der Waals surface area contributed by atoms with E-state index < -0.39 is 29.9 Å². The van der Waals surface area contributed by atoms with E-state index in [2.05, 4.69) is 10.3 Å². The number of benzene rings is 1. The van der Waals surface area contributed by atoms with Crippen molar-refractivity contribution < 1.29 is 43.3 Å². The molecule has 2 aliphatic rings. The van der Waals surface area contributed by atoms with Gasteiger partial charge in [0.1, 0.15) is 17.5 Å². The molecule has 1 atom stereocenters. The topological polar surface area (TPSA) is 168 Å². The van der Waals surface area contributed by atoms with E-state index in [9.17, 15) is 29.1 Å². The quantitative estimate of drug-likeness (QED) is 0.406. The lowest BCUT2D eigenvalue weighted by molar-refractivity contribution is -0.139. The maximum Gasteiger partial charge on any atom is 0.409 e. The number of rotatable bonds is 10. The number of hydrogen-bond acceptors (Lipinski definition) is 9. The number of carbonyl (C=O) groups excluding carboxylic acids is 4. The fourth-order valence-electron chi connectivity index (χ4n) is 4.72. The molecule has 1 aromatic heterocycles. The fraction of sp³-hybridized carbons (Fsp3) is 0.500. The summed E-state index contributed by atoms with van der Waals surface area (Å²) < 4.78 is 16.1. The Morgan fingerprint density at radius 3 is 2.38 bits per heavy atom. The Morgan fingerprint density at radius 2 is 1.69 bits per heavy atom. The predicted octanol–water partition coefficient (Wildman–Crippen LogP) is 0.736. The van der Waals surface area contributed by atoms with E-state index in [1.807, 2.05) is 0 Å². The molecule has 4 amide bonds. The Balaban J connectivity index is 1.48. The molecule has 0 bridgehead atoms. The first kappa shape index (κ1) is 30.5. The van der Waals surface area contributed by atoms with Gasteiger partial charge in [0.05, 0.1) is 25.3 Å². The second-order valence-corrected chi connectivity index (χ2v) is 9.77. The van der Waals surface area contributed by atoms with Crippen molar-refractivity contribution in [2.45, 2.75) is 25.8 Å². The van der Waals surface area contributed by atoms with Gasteiger partial charge in [-0.05, 0) is 25.5 Å². The maximum absolute atomic E-state index is 13.4. The summed E-state index contributed by atoms with van der Waals surface area (Å²) >= 11 is 0. The summed E-state index contributed by atoms with van der Waals surface area (Å²) in [6.07, 6.45) is -0.946. The number of ether oxygens (including phenoxy) is 3. The summed E-state index contributed by atoms with van der Waals surface area (Å²) in [6, 6.07) is 7.24. The molecule has 14 heteroatoms. The van der Waals surface area contributed by atoms with Gasteiger partial charge in [-0.15, -0.1) is 0 Å². The van der Waals surface area contributed by atoms with Crippen molar-refractivity contribution in [1.82, 2.24) is 25.0 Å². The second-order valence-electron chi connectivity index (χ2n) is 9.77. The smallest absolute Gasteiger partial charge is 0.409 e. The van der Waals surface area contributed by atoms with Crippen molar-refractivity contribution in [3.63, 3.8) is 0 Å². The minimum Gasteiger partial charge on any atom is -0.483 e. The number of carboxylic acids is 1. The van der Waals surface area contributed by atoms with Crippen LogP contribution >= 0.6 is 0 Å². The van der Waals surface area contributed by atoms with Gasteiger partial charge < -0.3 is 39.3 Å². The number of morpholine rings is 1. The van der Waals surface area contributed by atoms with E-state index in [-0.39, 0.29) is 69.6 Å². The van der Waals surface area contributed by atoms with Gasteiger partial charge in [-0.2, -0.15) is 0 Å². The first-order valence-electron chi connectivity index (χ1n) is 13.9. The summed E-state index contributed by atoms with van der Waals surface area (Å²) in [5.41, 5.74) is 0.394. The lowest BCUT2D eigenvalue weighted by Crippen LogP contribution is -2.56. The van der Waals surface area contributed by atoms with Gasteiger partial charge in [-0.1, -0.05) is 12.1 Å². The number of hydrogen-bond donors (Lipinski definition) is 2. The van der Waals surface area contributed by atoms with Gasteiger partial charge in [0.15, 0.2) is 6.61 Å². The number of piperazine rings is 1. The van der Waals surface area contributed by atoms with Crippen molar-refractivity contribution >= 4 is 40.7 Å². The highest BCUT2D eigenvalue weighted by Gasteiger charge is 2.31. The SMILES string of the molecule is CCOC(=O)N1CCN(C(=O)[C@H](CCC(=O)O)NC(=O)c2cc(OCC(=O)N3CCOCC3)c3ccccc3n2)CC1. The van der Waals surface area contributed by atoms with Crippen LogP contribution in [-0.4, -0.2) is 126 Å². The predicted molar refractivity (Wildman–Crippen MR) is 148 cm³/mol. The van der Waals surface area contributed by atoms with E-state index in [0.29, 0.717) is 37.2 Å².